The number of rotatable bonds is 5. The maximum atomic E-state index is 13.4. The Kier molecular flexibility index (Phi) is 6.02. The summed E-state index contributed by atoms with van der Waals surface area (Å²) in [6, 6.07) is 15.9. The van der Waals surface area contributed by atoms with E-state index in [2.05, 4.69) is 15.3 Å². The molecule has 0 fully saturated rings. The predicted molar refractivity (Wildman–Crippen MR) is 108 cm³/mol. The lowest BCUT2D eigenvalue weighted by molar-refractivity contribution is -0.140. The molecule has 0 atom stereocenters. The number of benzene rings is 2. The van der Waals surface area contributed by atoms with Gasteiger partial charge in [-0.25, -0.2) is 9.97 Å². The van der Waals surface area contributed by atoms with Crippen LogP contribution in [0.4, 0.5) is 24.8 Å². The van der Waals surface area contributed by atoms with Crippen molar-refractivity contribution in [1.29, 1.82) is 0 Å². The van der Waals surface area contributed by atoms with E-state index < -0.39 is 17.3 Å². The van der Waals surface area contributed by atoms with Gasteiger partial charge in [-0.3, -0.25) is 0 Å². The van der Waals surface area contributed by atoms with E-state index in [1.54, 1.807) is 48.5 Å². The fraction of sp³-hybridized carbons (Fsp3) is 0.238. The minimum Gasteiger partial charge on any atom is -0.486 e. The van der Waals surface area contributed by atoms with E-state index in [1.807, 2.05) is 26.8 Å². The second-order valence-electron chi connectivity index (χ2n) is 7.16. The first kappa shape index (κ1) is 21.0. The van der Waals surface area contributed by atoms with Crippen LogP contribution in [-0.4, -0.2) is 15.6 Å². The van der Waals surface area contributed by atoms with Gasteiger partial charge in [0.15, 0.2) is 0 Å². The minimum atomic E-state index is -4.55. The molecule has 152 valence electrons. The summed E-state index contributed by atoms with van der Waals surface area (Å²) in [4.78, 5) is 8.65. The van der Waals surface area contributed by atoms with Crippen LogP contribution in [0.2, 0.25) is 0 Å². The third kappa shape index (κ3) is 5.87. The smallest absolute Gasteiger partial charge is 0.420 e. The van der Waals surface area contributed by atoms with Crippen LogP contribution in [0.25, 0.3) is 0 Å². The fourth-order valence-corrected chi connectivity index (χ4v) is 3.34. The van der Waals surface area contributed by atoms with E-state index in [0.29, 0.717) is 16.3 Å². The fourth-order valence-electron chi connectivity index (χ4n) is 2.41. The first-order valence-corrected chi connectivity index (χ1v) is 9.66. The van der Waals surface area contributed by atoms with Crippen molar-refractivity contribution in [1.82, 2.24) is 9.97 Å². The van der Waals surface area contributed by atoms with Crippen LogP contribution in [0.1, 0.15) is 26.3 Å². The third-order valence-corrected chi connectivity index (χ3v) is 4.58. The molecule has 29 heavy (non-hydrogen) atoms. The Balaban J connectivity index is 1.94. The van der Waals surface area contributed by atoms with E-state index in [1.165, 1.54) is 0 Å². The van der Waals surface area contributed by atoms with Gasteiger partial charge < -0.3 is 10.1 Å². The largest absolute Gasteiger partial charge is 0.486 e. The zero-order chi connectivity index (χ0) is 21.1. The third-order valence-electron chi connectivity index (χ3n) is 3.57. The van der Waals surface area contributed by atoms with Crippen molar-refractivity contribution in [2.45, 2.75) is 42.5 Å². The van der Waals surface area contributed by atoms with Crippen molar-refractivity contribution in [2.24, 2.45) is 0 Å². The second-order valence-corrected chi connectivity index (χ2v) is 8.22. The molecule has 0 aliphatic carbocycles. The second kappa shape index (κ2) is 8.32. The number of hydrogen-bond acceptors (Lipinski definition) is 5. The van der Waals surface area contributed by atoms with Crippen LogP contribution in [0.5, 0.6) is 5.75 Å². The zero-order valence-corrected chi connectivity index (χ0v) is 16.9. The van der Waals surface area contributed by atoms with Crippen molar-refractivity contribution < 1.29 is 17.9 Å². The zero-order valence-electron chi connectivity index (χ0n) is 16.1. The molecule has 0 spiro atoms. The highest BCUT2D eigenvalue weighted by atomic mass is 32.2. The molecule has 8 heteroatoms. The topological polar surface area (TPSA) is 47.0 Å². The number of hydrogen-bond donors (Lipinski definition) is 1. The maximum absolute atomic E-state index is 13.4. The molecule has 1 N–H and O–H groups in total. The van der Waals surface area contributed by atoms with E-state index in [-0.39, 0.29) is 11.0 Å². The highest BCUT2D eigenvalue weighted by Crippen LogP contribution is 2.39. The Bertz CT molecular complexity index is 973. The highest BCUT2D eigenvalue weighted by Gasteiger charge is 2.35. The first-order chi connectivity index (χ1) is 13.6. The minimum absolute atomic E-state index is 0.0568. The lowest BCUT2D eigenvalue weighted by atomic mass is 10.2. The Morgan fingerprint density at radius 3 is 2.24 bits per heavy atom. The van der Waals surface area contributed by atoms with Gasteiger partial charge in [-0.05, 0) is 45.0 Å². The van der Waals surface area contributed by atoms with Gasteiger partial charge in [0.1, 0.15) is 21.9 Å². The quantitative estimate of drug-likeness (QED) is 0.474. The lowest BCUT2D eigenvalue weighted by Crippen LogP contribution is -2.23. The number of aromatic nitrogens is 2. The molecule has 3 rings (SSSR count). The van der Waals surface area contributed by atoms with Crippen molar-refractivity contribution in [3.63, 3.8) is 0 Å². The molecular formula is C21H20F3N3OS. The molecule has 1 heterocycles. The molecule has 4 nitrogen and oxygen atoms in total. The normalized spacial score (nSPS) is 11.9. The summed E-state index contributed by atoms with van der Waals surface area (Å²) in [6.45, 7) is 5.73. The van der Waals surface area contributed by atoms with E-state index in [4.69, 9.17) is 4.74 Å². The van der Waals surface area contributed by atoms with Crippen LogP contribution in [0, 0.1) is 0 Å². The Labute approximate surface area is 171 Å². The number of nitrogens with zero attached hydrogens (tertiary/aromatic N) is 2. The van der Waals surface area contributed by atoms with E-state index in [9.17, 15) is 13.2 Å². The van der Waals surface area contributed by atoms with Gasteiger partial charge in [-0.15, -0.1) is 0 Å². The summed E-state index contributed by atoms with van der Waals surface area (Å²) in [5.41, 5.74) is -0.749. The van der Waals surface area contributed by atoms with Gasteiger partial charge >= 0.3 is 6.18 Å². The molecular weight excluding hydrogens is 399 g/mol. The molecule has 0 unspecified atom stereocenters. The standard InChI is InChI=1S/C21H20F3N3OS/c1-20(2,3)28-17-12-8-7-11-16(17)26-19-25-13-15(21(22,23)24)18(27-19)29-14-9-5-4-6-10-14/h4-13H,1-3H3,(H,25,26,27). The lowest BCUT2D eigenvalue weighted by Gasteiger charge is -2.23. The van der Waals surface area contributed by atoms with Gasteiger partial charge in [-0.2, -0.15) is 13.2 Å². The average Bonchev–Trinajstić information content (AvgIpc) is 2.62. The highest BCUT2D eigenvalue weighted by molar-refractivity contribution is 7.99. The summed E-state index contributed by atoms with van der Waals surface area (Å²) >= 11 is 0.938. The molecule has 3 aromatic rings. The van der Waals surface area contributed by atoms with Crippen molar-refractivity contribution in [2.75, 3.05) is 5.32 Å². The maximum Gasteiger partial charge on any atom is 0.420 e. The Morgan fingerprint density at radius 1 is 0.931 bits per heavy atom. The van der Waals surface area contributed by atoms with Crippen molar-refractivity contribution in [3.05, 3.63) is 66.4 Å². The summed E-state index contributed by atoms with van der Waals surface area (Å²) in [5, 5.41) is 2.80. The monoisotopic (exact) mass is 419 g/mol. The van der Waals surface area contributed by atoms with Crippen molar-refractivity contribution in [3.8, 4) is 5.75 Å². The molecule has 0 amide bonds. The molecule has 0 bridgehead atoms. The molecule has 0 aliphatic rings. The van der Waals surface area contributed by atoms with Gasteiger partial charge in [0.05, 0.1) is 5.69 Å². The van der Waals surface area contributed by atoms with Crippen LogP contribution in [0.3, 0.4) is 0 Å². The summed E-state index contributed by atoms with van der Waals surface area (Å²) < 4.78 is 46.2. The first-order valence-electron chi connectivity index (χ1n) is 8.84. The Hall–Kier alpha value is -2.74. The van der Waals surface area contributed by atoms with Gasteiger partial charge in [0, 0.05) is 11.1 Å². The van der Waals surface area contributed by atoms with E-state index in [0.717, 1.165) is 18.0 Å². The van der Waals surface area contributed by atoms with Crippen LogP contribution in [0.15, 0.2) is 70.7 Å². The van der Waals surface area contributed by atoms with Crippen molar-refractivity contribution >= 4 is 23.4 Å². The summed E-state index contributed by atoms with van der Waals surface area (Å²) in [7, 11) is 0. The van der Waals surface area contributed by atoms with Crippen LogP contribution >= 0.6 is 11.8 Å². The molecule has 1 aromatic heterocycles. The van der Waals surface area contributed by atoms with Gasteiger partial charge in [0.25, 0.3) is 0 Å². The van der Waals surface area contributed by atoms with Crippen LogP contribution in [-0.2, 0) is 6.18 Å². The number of nitrogens with one attached hydrogen (secondary N) is 1. The predicted octanol–water partition coefficient (Wildman–Crippen LogP) is 6.57. The molecule has 0 radical (unpaired) electrons. The number of alkyl halides is 3. The number of para-hydroxylation sites is 2. The van der Waals surface area contributed by atoms with E-state index >= 15 is 0 Å². The SMILES string of the molecule is CC(C)(C)Oc1ccccc1Nc1ncc(C(F)(F)F)c(Sc2ccccc2)n1. The van der Waals surface area contributed by atoms with Gasteiger partial charge in [0.2, 0.25) is 5.95 Å². The number of anilines is 2. The number of ether oxygens (including phenoxy) is 1. The van der Waals surface area contributed by atoms with Crippen LogP contribution < -0.4 is 10.1 Å². The Morgan fingerprint density at radius 2 is 1.59 bits per heavy atom. The summed E-state index contributed by atoms with van der Waals surface area (Å²) in [6.07, 6.45) is -3.75. The molecule has 0 saturated heterocycles. The van der Waals surface area contributed by atoms with Gasteiger partial charge in [-0.1, -0.05) is 42.1 Å². The number of halogens is 3. The molecule has 0 aliphatic heterocycles. The molecule has 0 saturated carbocycles. The molecule has 2 aromatic carbocycles. The summed E-state index contributed by atoms with van der Waals surface area (Å²) in [5.74, 6) is 0.613. The average molecular weight is 419 g/mol.